The molecule has 0 N–H and O–H groups in total. The van der Waals surface area contributed by atoms with Crippen molar-refractivity contribution in [2.75, 3.05) is 6.61 Å². The first-order valence-electron chi connectivity index (χ1n) is 6.24. The average molecular weight is 221 g/mol. The third kappa shape index (κ3) is 1.37. The zero-order valence-corrected chi connectivity index (χ0v) is 9.98. The predicted molar refractivity (Wildman–Crippen MR) is 60.7 cm³/mol. The minimum Gasteiger partial charge on any atom is -0.447 e. The summed E-state index contributed by atoms with van der Waals surface area (Å²) in [7, 11) is 0. The maximum atomic E-state index is 11.6. The summed E-state index contributed by atoms with van der Waals surface area (Å²) >= 11 is 0. The molecular formula is C13H19NO2. The van der Waals surface area contributed by atoms with E-state index in [1.54, 1.807) is 4.90 Å². The largest absolute Gasteiger partial charge is 0.447 e. The first-order chi connectivity index (χ1) is 7.60. The smallest absolute Gasteiger partial charge is 0.414 e. The summed E-state index contributed by atoms with van der Waals surface area (Å²) < 4.78 is 5.10. The number of ether oxygens (including phenoxy) is 1. The molecule has 0 spiro atoms. The van der Waals surface area contributed by atoms with Crippen molar-refractivity contribution in [1.82, 2.24) is 4.90 Å². The third-order valence-electron chi connectivity index (χ3n) is 4.39. The van der Waals surface area contributed by atoms with E-state index in [4.69, 9.17) is 4.74 Å². The predicted octanol–water partition coefficient (Wildman–Crippen LogP) is 2.78. The molecule has 4 rings (SSSR count). The van der Waals surface area contributed by atoms with E-state index in [-0.39, 0.29) is 12.1 Å². The summed E-state index contributed by atoms with van der Waals surface area (Å²) in [4.78, 5) is 13.4. The van der Waals surface area contributed by atoms with E-state index in [1.807, 2.05) is 6.20 Å². The van der Waals surface area contributed by atoms with Gasteiger partial charge < -0.3 is 4.74 Å². The number of amides is 1. The van der Waals surface area contributed by atoms with Gasteiger partial charge in [0.25, 0.3) is 0 Å². The fourth-order valence-corrected chi connectivity index (χ4v) is 3.12. The quantitative estimate of drug-likeness (QED) is 0.733. The fourth-order valence-electron chi connectivity index (χ4n) is 3.12. The summed E-state index contributed by atoms with van der Waals surface area (Å²) in [5, 5.41) is 0. The molecule has 3 heteroatoms. The van der Waals surface area contributed by atoms with Crippen LogP contribution in [0.2, 0.25) is 0 Å². The molecule has 1 amide bonds. The van der Waals surface area contributed by atoms with Gasteiger partial charge in [-0.15, -0.1) is 0 Å². The van der Waals surface area contributed by atoms with Gasteiger partial charge >= 0.3 is 6.09 Å². The third-order valence-corrected chi connectivity index (χ3v) is 4.39. The Labute approximate surface area is 96.4 Å². The summed E-state index contributed by atoms with van der Waals surface area (Å²) in [6.45, 7) is 4.80. The number of hydrogen-bond acceptors (Lipinski definition) is 2. The summed E-state index contributed by atoms with van der Waals surface area (Å²) in [6.07, 6.45) is 8.04. The molecule has 2 bridgehead atoms. The molecule has 88 valence electrons. The lowest BCUT2D eigenvalue weighted by atomic mass is 9.44. The van der Waals surface area contributed by atoms with Gasteiger partial charge in [-0.2, -0.15) is 0 Å². The maximum absolute atomic E-state index is 11.6. The van der Waals surface area contributed by atoms with Crippen molar-refractivity contribution in [1.29, 1.82) is 0 Å². The standard InChI is InChI=1S/C13H19NO2/c1-9(2)11-8-16-12(15)14(11)4-3-13-5-10(6-13)7-13/h3-4,9-11H,5-8H2,1-2H3/t10?,11-,13?/m0/s1. The fraction of sp³-hybridized carbons (Fsp3) is 0.769. The Bertz CT molecular complexity index is 331. The first-order valence-corrected chi connectivity index (χ1v) is 6.24. The van der Waals surface area contributed by atoms with Gasteiger partial charge in [-0.1, -0.05) is 19.9 Å². The van der Waals surface area contributed by atoms with Crippen molar-refractivity contribution >= 4 is 6.09 Å². The van der Waals surface area contributed by atoms with Crippen molar-refractivity contribution in [3.8, 4) is 0 Å². The van der Waals surface area contributed by atoms with Crippen LogP contribution in [0.4, 0.5) is 4.79 Å². The van der Waals surface area contributed by atoms with E-state index >= 15 is 0 Å². The van der Waals surface area contributed by atoms with Gasteiger partial charge in [-0.25, -0.2) is 4.79 Å². The number of allylic oxidation sites excluding steroid dienone is 1. The topological polar surface area (TPSA) is 29.5 Å². The van der Waals surface area contributed by atoms with Crippen molar-refractivity contribution < 1.29 is 9.53 Å². The molecule has 1 atom stereocenters. The molecule has 0 aromatic heterocycles. The van der Waals surface area contributed by atoms with Gasteiger partial charge in [0.15, 0.2) is 0 Å². The van der Waals surface area contributed by atoms with Gasteiger partial charge in [0.05, 0.1) is 6.04 Å². The highest BCUT2D eigenvalue weighted by molar-refractivity contribution is 5.71. The Morgan fingerprint density at radius 2 is 2.12 bits per heavy atom. The second kappa shape index (κ2) is 3.25. The first kappa shape index (κ1) is 10.2. The van der Waals surface area contributed by atoms with Crippen molar-refractivity contribution in [3.05, 3.63) is 12.3 Å². The highest BCUT2D eigenvalue weighted by Gasteiger charge is 2.54. The monoisotopic (exact) mass is 221 g/mol. The number of carbonyl (C=O) groups excluding carboxylic acids is 1. The van der Waals surface area contributed by atoms with E-state index < -0.39 is 0 Å². The van der Waals surface area contributed by atoms with Crippen LogP contribution in [0.3, 0.4) is 0 Å². The van der Waals surface area contributed by atoms with Gasteiger partial charge in [0.2, 0.25) is 0 Å². The molecule has 1 heterocycles. The van der Waals surface area contributed by atoms with Crippen molar-refractivity contribution in [2.45, 2.75) is 39.2 Å². The van der Waals surface area contributed by atoms with E-state index in [9.17, 15) is 4.79 Å². The number of nitrogens with zero attached hydrogens (tertiary/aromatic N) is 1. The van der Waals surface area contributed by atoms with E-state index in [0.29, 0.717) is 17.9 Å². The van der Waals surface area contributed by atoms with Crippen LogP contribution in [0, 0.1) is 17.3 Å². The summed E-state index contributed by atoms with van der Waals surface area (Å²) in [5.74, 6) is 1.43. The average Bonchev–Trinajstić information content (AvgIpc) is 2.43. The lowest BCUT2D eigenvalue weighted by molar-refractivity contribution is -0.0609. The molecule has 1 aliphatic heterocycles. The van der Waals surface area contributed by atoms with Gasteiger partial charge in [0.1, 0.15) is 6.61 Å². The SMILES string of the molecule is CC(C)[C@@H]1COC(=O)N1C=CC12CC(C1)C2. The van der Waals surface area contributed by atoms with Crippen molar-refractivity contribution in [2.24, 2.45) is 17.3 Å². The van der Waals surface area contributed by atoms with E-state index in [2.05, 4.69) is 19.9 Å². The number of cyclic esters (lactones) is 1. The van der Waals surface area contributed by atoms with Gasteiger partial charge in [-0.3, -0.25) is 4.90 Å². The van der Waals surface area contributed by atoms with Gasteiger partial charge in [-0.05, 0) is 36.5 Å². The molecule has 16 heavy (non-hydrogen) atoms. The number of carbonyl (C=O) groups is 1. The lowest BCUT2D eigenvalue weighted by Crippen LogP contribution is -2.50. The van der Waals surface area contributed by atoms with Crippen LogP contribution in [-0.4, -0.2) is 23.6 Å². The van der Waals surface area contributed by atoms with Crippen LogP contribution in [0.15, 0.2) is 12.3 Å². The van der Waals surface area contributed by atoms with Crippen LogP contribution in [-0.2, 0) is 4.74 Å². The van der Waals surface area contributed by atoms with E-state index in [1.165, 1.54) is 19.3 Å². The molecule has 0 unspecified atom stereocenters. The second-order valence-electron chi connectivity index (χ2n) is 5.95. The minimum atomic E-state index is -0.179. The number of hydrogen-bond donors (Lipinski definition) is 0. The normalized spacial score (nSPS) is 41.2. The molecule has 0 radical (unpaired) electrons. The highest BCUT2D eigenvalue weighted by Crippen LogP contribution is 2.65. The van der Waals surface area contributed by atoms with Crippen LogP contribution >= 0.6 is 0 Å². The molecule has 4 aliphatic rings. The molecule has 1 saturated heterocycles. The molecule has 3 aliphatic carbocycles. The molecular weight excluding hydrogens is 202 g/mol. The zero-order valence-electron chi connectivity index (χ0n) is 9.98. The molecule has 3 nitrogen and oxygen atoms in total. The van der Waals surface area contributed by atoms with Crippen LogP contribution in [0.1, 0.15) is 33.1 Å². The van der Waals surface area contributed by atoms with Crippen LogP contribution in [0.25, 0.3) is 0 Å². The lowest BCUT2D eigenvalue weighted by Gasteiger charge is -2.60. The minimum absolute atomic E-state index is 0.179. The maximum Gasteiger partial charge on any atom is 0.414 e. The Hall–Kier alpha value is -0.990. The molecule has 0 aromatic rings. The summed E-state index contributed by atoms with van der Waals surface area (Å²) in [6, 6.07) is 0.219. The van der Waals surface area contributed by atoms with E-state index in [0.717, 1.165) is 5.92 Å². The number of rotatable bonds is 3. The molecule has 4 fully saturated rings. The zero-order chi connectivity index (χ0) is 11.3. The van der Waals surface area contributed by atoms with Gasteiger partial charge in [0, 0.05) is 6.20 Å². The Morgan fingerprint density at radius 1 is 1.44 bits per heavy atom. The Balaban J connectivity index is 1.69. The van der Waals surface area contributed by atoms with Crippen LogP contribution < -0.4 is 0 Å². The Kier molecular flexibility index (Phi) is 2.07. The second-order valence-corrected chi connectivity index (χ2v) is 5.95. The van der Waals surface area contributed by atoms with Crippen LogP contribution in [0.5, 0.6) is 0 Å². The highest BCUT2D eigenvalue weighted by atomic mass is 16.6. The molecule has 0 aromatic carbocycles. The summed E-state index contributed by atoms with van der Waals surface area (Å²) in [5.41, 5.74) is 0.453. The Morgan fingerprint density at radius 3 is 2.62 bits per heavy atom. The van der Waals surface area contributed by atoms with Crippen molar-refractivity contribution in [3.63, 3.8) is 0 Å². The molecule has 3 saturated carbocycles.